The number of nitrogens with one attached hydrogen (secondary N) is 1. The Morgan fingerprint density at radius 3 is 2.61 bits per heavy atom. The first kappa shape index (κ1) is 13.8. The first-order valence-electron chi connectivity index (χ1n) is 6.73. The first-order valence-corrected chi connectivity index (χ1v) is 7.11. The van der Waals surface area contributed by atoms with Gasteiger partial charge in [-0.2, -0.15) is 0 Å². The minimum atomic E-state index is 0.469. The van der Waals surface area contributed by atoms with Crippen LogP contribution in [0.15, 0.2) is 18.3 Å². The van der Waals surface area contributed by atoms with E-state index < -0.39 is 0 Å². The van der Waals surface area contributed by atoms with Crippen molar-refractivity contribution in [3.05, 3.63) is 29.0 Å². The third-order valence-electron chi connectivity index (χ3n) is 3.42. The van der Waals surface area contributed by atoms with Gasteiger partial charge in [0.1, 0.15) is 5.15 Å². The Hall–Kier alpha value is -0.640. The molecule has 0 amide bonds. The van der Waals surface area contributed by atoms with Crippen molar-refractivity contribution < 1.29 is 0 Å². The zero-order valence-corrected chi connectivity index (χ0v) is 12.0. The highest BCUT2D eigenvalue weighted by Gasteiger charge is 2.23. The summed E-state index contributed by atoms with van der Waals surface area (Å²) in [5, 5.41) is 3.98. The lowest BCUT2D eigenvalue weighted by Crippen LogP contribution is -2.45. The Morgan fingerprint density at radius 1 is 1.33 bits per heavy atom. The van der Waals surface area contributed by atoms with E-state index in [4.69, 9.17) is 11.6 Å². The Balaban J connectivity index is 2.15. The fourth-order valence-electron chi connectivity index (χ4n) is 2.52. The van der Waals surface area contributed by atoms with E-state index in [1.165, 1.54) is 12.0 Å². The Labute approximate surface area is 115 Å². The van der Waals surface area contributed by atoms with Crippen LogP contribution in [0.2, 0.25) is 5.15 Å². The van der Waals surface area contributed by atoms with Crippen LogP contribution < -0.4 is 5.32 Å². The van der Waals surface area contributed by atoms with Crippen LogP contribution in [0.4, 0.5) is 0 Å². The highest BCUT2D eigenvalue weighted by molar-refractivity contribution is 6.29. The lowest BCUT2D eigenvalue weighted by Gasteiger charge is -2.36. The normalized spacial score (nSPS) is 19.1. The summed E-state index contributed by atoms with van der Waals surface area (Å²) in [4.78, 5) is 6.78. The molecule has 2 heterocycles. The van der Waals surface area contributed by atoms with Gasteiger partial charge in [0.05, 0.1) is 0 Å². The van der Waals surface area contributed by atoms with E-state index in [1.807, 2.05) is 12.3 Å². The van der Waals surface area contributed by atoms with Crippen LogP contribution in [0.1, 0.15) is 31.9 Å². The molecule has 1 aromatic rings. The van der Waals surface area contributed by atoms with E-state index in [1.54, 1.807) is 0 Å². The monoisotopic (exact) mass is 267 g/mol. The van der Waals surface area contributed by atoms with Crippen molar-refractivity contribution in [2.45, 2.75) is 26.3 Å². The maximum absolute atomic E-state index is 5.87. The smallest absolute Gasteiger partial charge is 0.129 e. The molecule has 1 N–H and O–H groups in total. The van der Waals surface area contributed by atoms with Crippen molar-refractivity contribution in [2.24, 2.45) is 5.92 Å². The molecule has 0 saturated carbocycles. The summed E-state index contributed by atoms with van der Waals surface area (Å²) >= 11 is 5.87. The largest absolute Gasteiger partial charge is 0.314 e. The Kier molecular flexibility index (Phi) is 4.98. The van der Waals surface area contributed by atoms with Gasteiger partial charge in [0, 0.05) is 38.4 Å². The molecule has 1 aliphatic heterocycles. The maximum atomic E-state index is 5.87. The summed E-state index contributed by atoms with van der Waals surface area (Å²) < 4.78 is 0. The van der Waals surface area contributed by atoms with E-state index in [2.05, 4.69) is 35.1 Å². The molecule has 0 bridgehead atoms. The molecule has 0 aliphatic carbocycles. The zero-order valence-electron chi connectivity index (χ0n) is 11.2. The van der Waals surface area contributed by atoms with E-state index in [0.717, 1.165) is 26.2 Å². The molecule has 1 atom stereocenters. The van der Waals surface area contributed by atoms with Crippen LogP contribution >= 0.6 is 11.6 Å². The number of piperazine rings is 1. The van der Waals surface area contributed by atoms with Crippen molar-refractivity contribution in [1.82, 2.24) is 15.2 Å². The minimum Gasteiger partial charge on any atom is -0.314 e. The predicted octanol–water partition coefficient (Wildman–Crippen LogP) is 2.73. The van der Waals surface area contributed by atoms with Crippen molar-refractivity contribution in [3.63, 3.8) is 0 Å². The van der Waals surface area contributed by atoms with Gasteiger partial charge in [0.2, 0.25) is 0 Å². The van der Waals surface area contributed by atoms with Gasteiger partial charge in [0.25, 0.3) is 0 Å². The Morgan fingerprint density at radius 2 is 2.06 bits per heavy atom. The third kappa shape index (κ3) is 3.67. The topological polar surface area (TPSA) is 28.2 Å². The summed E-state index contributed by atoms with van der Waals surface area (Å²) in [6.45, 7) is 8.93. The fourth-order valence-corrected chi connectivity index (χ4v) is 2.63. The van der Waals surface area contributed by atoms with Crippen LogP contribution in [0, 0.1) is 5.92 Å². The van der Waals surface area contributed by atoms with Crippen molar-refractivity contribution >= 4 is 11.6 Å². The SMILES string of the molecule is CC(C)C[C@@H](c1ccc(Cl)nc1)N1CCNCC1. The number of rotatable bonds is 4. The summed E-state index contributed by atoms with van der Waals surface area (Å²) in [5.74, 6) is 0.681. The molecule has 3 nitrogen and oxygen atoms in total. The molecule has 1 aromatic heterocycles. The van der Waals surface area contributed by atoms with Crippen LogP contribution in [0.25, 0.3) is 0 Å². The van der Waals surface area contributed by atoms with E-state index in [0.29, 0.717) is 17.1 Å². The lowest BCUT2D eigenvalue weighted by atomic mass is 9.96. The van der Waals surface area contributed by atoms with Gasteiger partial charge in [-0.1, -0.05) is 31.5 Å². The summed E-state index contributed by atoms with van der Waals surface area (Å²) in [6, 6.07) is 4.48. The van der Waals surface area contributed by atoms with Gasteiger partial charge >= 0.3 is 0 Å². The number of hydrogen-bond donors (Lipinski definition) is 1. The second kappa shape index (κ2) is 6.50. The van der Waals surface area contributed by atoms with Crippen LogP contribution in [-0.4, -0.2) is 36.1 Å². The molecule has 2 rings (SSSR count). The minimum absolute atomic E-state index is 0.469. The van der Waals surface area contributed by atoms with Gasteiger partial charge in [-0.25, -0.2) is 4.98 Å². The molecular weight excluding hydrogens is 246 g/mol. The second-order valence-corrected chi connectivity index (χ2v) is 5.73. The first-order chi connectivity index (χ1) is 8.66. The molecule has 0 spiro atoms. The number of nitrogens with zero attached hydrogens (tertiary/aromatic N) is 2. The molecule has 0 radical (unpaired) electrons. The molecule has 100 valence electrons. The third-order valence-corrected chi connectivity index (χ3v) is 3.65. The second-order valence-electron chi connectivity index (χ2n) is 5.35. The molecule has 1 saturated heterocycles. The predicted molar refractivity (Wildman–Crippen MR) is 75.9 cm³/mol. The molecule has 1 aliphatic rings. The van der Waals surface area contributed by atoms with Crippen molar-refractivity contribution in [1.29, 1.82) is 0 Å². The summed E-state index contributed by atoms with van der Waals surface area (Å²) in [7, 11) is 0. The van der Waals surface area contributed by atoms with Gasteiger partial charge in [-0.15, -0.1) is 0 Å². The molecule has 0 aromatic carbocycles. The zero-order chi connectivity index (χ0) is 13.0. The molecule has 1 fully saturated rings. The highest BCUT2D eigenvalue weighted by atomic mass is 35.5. The van der Waals surface area contributed by atoms with Gasteiger partial charge < -0.3 is 5.32 Å². The van der Waals surface area contributed by atoms with Crippen LogP contribution in [0.5, 0.6) is 0 Å². The molecule has 4 heteroatoms. The standard InChI is InChI=1S/C14H22ClN3/c1-11(2)9-13(18-7-5-16-6-8-18)12-3-4-14(15)17-10-12/h3-4,10-11,13,16H,5-9H2,1-2H3/t13-/m0/s1. The van der Waals surface area contributed by atoms with Crippen molar-refractivity contribution in [3.8, 4) is 0 Å². The highest BCUT2D eigenvalue weighted by Crippen LogP contribution is 2.28. The lowest BCUT2D eigenvalue weighted by molar-refractivity contribution is 0.154. The fraction of sp³-hybridized carbons (Fsp3) is 0.643. The van der Waals surface area contributed by atoms with E-state index in [-0.39, 0.29) is 0 Å². The van der Waals surface area contributed by atoms with Crippen LogP contribution in [0.3, 0.4) is 0 Å². The van der Waals surface area contributed by atoms with E-state index >= 15 is 0 Å². The molecule has 0 unspecified atom stereocenters. The molecular formula is C14H22ClN3. The maximum Gasteiger partial charge on any atom is 0.129 e. The van der Waals surface area contributed by atoms with Crippen molar-refractivity contribution in [2.75, 3.05) is 26.2 Å². The number of pyridine rings is 1. The number of hydrogen-bond acceptors (Lipinski definition) is 3. The average Bonchev–Trinajstić information content (AvgIpc) is 2.38. The number of halogens is 1. The quantitative estimate of drug-likeness (QED) is 0.851. The number of aromatic nitrogens is 1. The van der Waals surface area contributed by atoms with Crippen LogP contribution in [-0.2, 0) is 0 Å². The summed E-state index contributed by atoms with van der Waals surface area (Å²) in [5.41, 5.74) is 1.29. The summed E-state index contributed by atoms with van der Waals surface area (Å²) in [6.07, 6.45) is 3.10. The molecule has 18 heavy (non-hydrogen) atoms. The Bertz CT molecular complexity index is 358. The van der Waals surface area contributed by atoms with E-state index in [9.17, 15) is 0 Å². The average molecular weight is 268 g/mol. The van der Waals surface area contributed by atoms with Gasteiger partial charge in [-0.3, -0.25) is 4.90 Å². The van der Waals surface area contributed by atoms with Gasteiger partial charge in [-0.05, 0) is 24.0 Å². The van der Waals surface area contributed by atoms with Gasteiger partial charge in [0.15, 0.2) is 0 Å².